The molecule has 0 atom stereocenters. The summed E-state index contributed by atoms with van der Waals surface area (Å²) in [4.78, 5) is 0. The molecule has 0 saturated heterocycles. The molecule has 0 aliphatic heterocycles. The van der Waals surface area contributed by atoms with E-state index in [9.17, 15) is 0 Å². The molecule has 0 aromatic carbocycles. The third kappa shape index (κ3) is 2.27. The van der Waals surface area contributed by atoms with Crippen LogP contribution in [0.2, 0.25) is 0 Å². The zero-order valence-electron chi connectivity index (χ0n) is 7.18. The largest absolute Gasteiger partial charge is 0.393 e. The van der Waals surface area contributed by atoms with Crippen molar-refractivity contribution in [3.63, 3.8) is 0 Å². The van der Waals surface area contributed by atoms with Gasteiger partial charge in [0.15, 0.2) is 0 Å². The van der Waals surface area contributed by atoms with Crippen LogP contribution in [-0.4, -0.2) is 23.9 Å². The fraction of sp³-hybridized carbons (Fsp3) is 1.00. The van der Waals surface area contributed by atoms with E-state index in [-0.39, 0.29) is 12.2 Å². The molecule has 0 aromatic rings. The highest BCUT2D eigenvalue weighted by atomic mass is 16.5. The average Bonchev–Trinajstić information content (AvgIpc) is 2.01. The van der Waals surface area contributed by atoms with Crippen LogP contribution in [-0.2, 0) is 4.74 Å². The van der Waals surface area contributed by atoms with Gasteiger partial charge in [-0.3, -0.25) is 0 Å². The molecule has 62 valence electrons. The third-order valence-corrected chi connectivity index (χ3v) is 2.03. The molecule has 10 heavy (non-hydrogen) atoms. The molecule has 0 rings (SSSR count). The number of hydrogen-bond acceptors (Lipinski definition) is 2. The minimum Gasteiger partial charge on any atom is -0.393 e. The van der Waals surface area contributed by atoms with Crippen molar-refractivity contribution in [2.45, 2.75) is 39.2 Å². The first kappa shape index (κ1) is 9.92. The van der Waals surface area contributed by atoms with Gasteiger partial charge in [0.25, 0.3) is 0 Å². The molecule has 0 heterocycles. The van der Waals surface area contributed by atoms with Crippen molar-refractivity contribution < 1.29 is 9.84 Å². The van der Waals surface area contributed by atoms with Crippen LogP contribution < -0.4 is 0 Å². The van der Waals surface area contributed by atoms with Crippen LogP contribution in [0.15, 0.2) is 0 Å². The van der Waals surface area contributed by atoms with E-state index in [1.54, 1.807) is 0 Å². The molecular formula is C8H18O2. The first-order valence-corrected chi connectivity index (χ1v) is 3.99. The summed E-state index contributed by atoms with van der Waals surface area (Å²) in [6.07, 6.45) is 1.77. The van der Waals surface area contributed by atoms with E-state index in [4.69, 9.17) is 9.84 Å². The summed E-state index contributed by atoms with van der Waals surface area (Å²) >= 11 is 0. The Labute approximate surface area is 63.2 Å². The van der Waals surface area contributed by atoms with E-state index in [1.807, 2.05) is 20.8 Å². The second-order valence-electron chi connectivity index (χ2n) is 2.48. The quantitative estimate of drug-likeness (QED) is 0.638. The summed E-state index contributed by atoms with van der Waals surface area (Å²) in [5.74, 6) is 0. The van der Waals surface area contributed by atoms with Crippen molar-refractivity contribution in [2.75, 3.05) is 13.2 Å². The Morgan fingerprint density at radius 1 is 1.20 bits per heavy atom. The molecule has 0 aromatic heterocycles. The van der Waals surface area contributed by atoms with Gasteiger partial charge in [-0.25, -0.2) is 0 Å². The molecule has 1 N–H and O–H groups in total. The molecular weight excluding hydrogens is 128 g/mol. The fourth-order valence-electron chi connectivity index (χ4n) is 1.03. The fourth-order valence-corrected chi connectivity index (χ4v) is 1.03. The first-order chi connectivity index (χ1) is 4.74. The van der Waals surface area contributed by atoms with Crippen LogP contribution in [0.4, 0.5) is 0 Å². The molecule has 0 aliphatic rings. The molecule has 0 radical (unpaired) electrons. The van der Waals surface area contributed by atoms with Gasteiger partial charge in [0.1, 0.15) is 0 Å². The van der Waals surface area contributed by atoms with Gasteiger partial charge in [0.05, 0.1) is 12.2 Å². The maximum atomic E-state index is 8.98. The normalized spacial score (nSPS) is 12.0. The second-order valence-corrected chi connectivity index (χ2v) is 2.48. The smallest absolute Gasteiger partial charge is 0.0906 e. The maximum Gasteiger partial charge on any atom is 0.0906 e. The molecule has 0 saturated carbocycles. The molecule has 0 bridgehead atoms. The zero-order valence-corrected chi connectivity index (χ0v) is 7.18. The topological polar surface area (TPSA) is 29.5 Å². The highest BCUT2D eigenvalue weighted by Gasteiger charge is 2.24. The number of aliphatic hydroxyl groups is 1. The summed E-state index contributed by atoms with van der Waals surface area (Å²) in [7, 11) is 0. The lowest BCUT2D eigenvalue weighted by atomic mass is 9.98. The highest BCUT2D eigenvalue weighted by Crippen LogP contribution is 2.18. The van der Waals surface area contributed by atoms with E-state index in [1.165, 1.54) is 0 Å². The lowest BCUT2D eigenvalue weighted by Crippen LogP contribution is -2.35. The Bertz CT molecular complexity index is 69.1. The van der Waals surface area contributed by atoms with Gasteiger partial charge >= 0.3 is 0 Å². The Hall–Kier alpha value is -0.0800. The van der Waals surface area contributed by atoms with Crippen LogP contribution in [0, 0.1) is 0 Å². The molecule has 0 aliphatic carbocycles. The lowest BCUT2D eigenvalue weighted by molar-refractivity contribution is -0.0794. The van der Waals surface area contributed by atoms with Crippen molar-refractivity contribution in [1.29, 1.82) is 0 Å². The minimum absolute atomic E-state index is 0.133. The Morgan fingerprint density at radius 2 is 1.70 bits per heavy atom. The van der Waals surface area contributed by atoms with Crippen molar-refractivity contribution in [3.05, 3.63) is 0 Å². The van der Waals surface area contributed by atoms with E-state index in [0.29, 0.717) is 6.61 Å². The third-order valence-electron chi connectivity index (χ3n) is 2.03. The minimum atomic E-state index is -0.269. The van der Waals surface area contributed by atoms with Crippen molar-refractivity contribution >= 4 is 0 Å². The van der Waals surface area contributed by atoms with Crippen molar-refractivity contribution in [1.82, 2.24) is 0 Å². The van der Waals surface area contributed by atoms with Gasteiger partial charge in [-0.15, -0.1) is 0 Å². The van der Waals surface area contributed by atoms with Gasteiger partial charge in [0, 0.05) is 6.61 Å². The van der Waals surface area contributed by atoms with Crippen LogP contribution in [0.25, 0.3) is 0 Å². The van der Waals surface area contributed by atoms with E-state index in [0.717, 1.165) is 12.8 Å². The van der Waals surface area contributed by atoms with Crippen LogP contribution in [0.5, 0.6) is 0 Å². The van der Waals surface area contributed by atoms with Gasteiger partial charge in [-0.05, 0) is 19.8 Å². The van der Waals surface area contributed by atoms with Crippen LogP contribution >= 0.6 is 0 Å². The van der Waals surface area contributed by atoms with Gasteiger partial charge < -0.3 is 9.84 Å². The molecule has 0 unspecified atom stereocenters. The summed E-state index contributed by atoms with van der Waals surface area (Å²) in [6.45, 7) is 6.84. The van der Waals surface area contributed by atoms with E-state index < -0.39 is 0 Å². The number of aliphatic hydroxyl groups excluding tert-OH is 1. The second kappa shape index (κ2) is 4.69. The SMILES string of the molecule is CCOC(CC)(CC)CO. The monoisotopic (exact) mass is 146 g/mol. The average molecular weight is 146 g/mol. The van der Waals surface area contributed by atoms with Gasteiger partial charge in [0.2, 0.25) is 0 Å². The van der Waals surface area contributed by atoms with E-state index >= 15 is 0 Å². The Kier molecular flexibility index (Phi) is 4.65. The molecule has 2 heteroatoms. The number of rotatable bonds is 5. The van der Waals surface area contributed by atoms with Crippen LogP contribution in [0.1, 0.15) is 33.6 Å². The van der Waals surface area contributed by atoms with Gasteiger partial charge in [-0.2, -0.15) is 0 Å². The van der Waals surface area contributed by atoms with Gasteiger partial charge in [-0.1, -0.05) is 13.8 Å². The number of ether oxygens (including phenoxy) is 1. The summed E-state index contributed by atoms with van der Waals surface area (Å²) < 4.78 is 5.43. The predicted molar refractivity (Wildman–Crippen MR) is 42.0 cm³/mol. The van der Waals surface area contributed by atoms with Crippen molar-refractivity contribution in [3.8, 4) is 0 Å². The highest BCUT2D eigenvalue weighted by molar-refractivity contribution is 4.75. The summed E-state index contributed by atoms with van der Waals surface area (Å²) in [5.41, 5.74) is -0.269. The molecule has 2 nitrogen and oxygen atoms in total. The van der Waals surface area contributed by atoms with Crippen molar-refractivity contribution in [2.24, 2.45) is 0 Å². The Balaban J connectivity index is 3.87. The zero-order chi connectivity index (χ0) is 8.04. The predicted octanol–water partition coefficient (Wildman–Crippen LogP) is 1.57. The molecule has 0 amide bonds. The summed E-state index contributed by atoms with van der Waals surface area (Å²) in [6, 6.07) is 0. The van der Waals surface area contributed by atoms with Crippen LogP contribution in [0.3, 0.4) is 0 Å². The van der Waals surface area contributed by atoms with E-state index in [2.05, 4.69) is 0 Å². The first-order valence-electron chi connectivity index (χ1n) is 3.99. The molecule has 0 fully saturated rings. The standard InChI is InChI=1S/C8H18O2/c1-4-8(5-2,7-9)10-6-3/h9H,4-7H2,1-3H3. The molecule has 0 spiro atoms. The maximum absolute atomic E-state index is 8.98. The lowest BCUT2D eigenvalue weighted by Gasteiger charge is -2.28. The summed E-state index contributed by atoms with van der Waals surface area (Å²) in [5, 5.41) is 8.98. The number of hydrogen-bond donors (Lipinski definition) is 1. The Morgan fingerprint density at radius 3 is 1.80 bits per heavy atom.